The number of piperazine rings is 1. The number of aryl methyl sites for hydroxylation is 2. The maximum Gasteiger partial charge on any atom is 0.224 e. The van der Waals surface area contributed by atoms with Crippen LogP contribution in [0.25, 0.3) is 0 Å². The van der Waals surface area contributed by atoms with Gasteiger partial charge in [0.15, 0.2) is 0 Å². The van der Waals surface area contributed by atoms with Gasteiger partial charge in [0.05, 0.1) is 12.6 Å². The molecular weight excluding hydrogens is 292 g/mol. The maximum absolute atomic E-state index is 12.5. The van der Waals surface area contributed by atoms with Crippen molar-refractivity contribution in [2.24, 2.45) is 0 Å². The predicted octanol–water partition coefficient (Wildman–Crippen LogP) is 0.887. The Morgan fingerprint density at radius 2 is 2.04 bits per heavy atom. The molecule has 1 saturated heterocycles. The molecule has 3 rings (SSSR count). The first-order valence-electron chi connectivity index (χ1n) is 7.91. The van der Waals surface area contributed by atoms with E-state index < -0.39 is 0 Å². The lowest BCUT2D eigenvalue weighted by Crippen LogP contribution is -2.49. The van der Waals surface area contributed by atoms with Crippen molar-refractivity contribution in [1.82, 2.24) is 30.0 Å². The molecule has 1 amide bonds. The summed E-state index contributed by atoms with van der Waals surface area (Å²) < 4.78 is 1.67. The molecule has 2 heterocycles. The number of benzene rings is 1. The Labute approximate surface area is 135 Å². The average molecular weight is 314 g/mol. The zero-order chi connectivity index (χ0) is 16.2. The molecule has 1 aliphatic rings. The molecule has 122 valence electrons. The van der Waals surface area contributed by atoms with Gasteiger partial charge >= 0.3 is 0 Å². The van der Waals surface area contributed by atoms with Crippen LogP contribution < -0.4 is 0 Å². The van der Waals surface area contributed by atoms with Crippen LogP contribution in [0.1, 0.15) is 23.9 Å². The summed E-state index contributed by atoms with van der Waals surface area (Å²) in [6.07, 6.45) is 0.428. The first kappa shape index (κ1) is 15.6. The average Bonchev–Trinajstić information content (AvgIpc) is 2.99. The highest BCUT2D eigenvalue weighted by molar-refractivity contribution is 5.76. The zero-order valence-electron chi connectivity index (χ0n) is 13.6. The molecule has 0 unspecified atom stereocenters. The first-order valence-corrected chi connectivity index (χ1v) is 7.91. The van der Waals surface area contributed by atoms with Gasteiger partial charge in [-0.1, -0.05) is 30.3 Å². The number of likely N-dealkylation sites (N-methyl/N-ethyl adjacent to an activating group) is 1. The monoisotopic (exact) mass is 314 g/mol. The number of hydrogen-bond donors (Lipinski definition) is 0. The van der Waals surface area contributed by atoms with Crippen LogP contribution >= 0.6 is 0 Å². The predicted molar refractivity (Wildman–Crippen MR) is 85.6 cm³/mol. The van der Waals surface area contributed by atoms with Gasteiger partial charge in [-0.3, -0.25) is 9.69 Å². The first-order chi connectivity index (χ1) is 11.1. The summed E-state index contributed by atoms with van der Waals surface area (Å²) in [5, 5.41) is 11.3. The van der Waals surface area contributed by atoms with Crippen molar-refractivity contribution < 1.29 is 4.79 Å². The van der Waals surface area contributed by atoms with Crippen LogP contribution in [0.15, 0.2) is 30.3 Å². The van der Waals surface area contributed by atoms with Crippen LogP contribution in [0.5, 0.6) is 0 Å². The lowest BCUT2D eigenvalue weighted by Gasteiger charge is -2.39. The van der Waals surface area contributed by atoms with E-state index in [0.29, 0.717) is 13.0 Å². The molecule has 0 saturated carbocycles. The van der Waals surface area contributed by atoms with Crippen LogP contribution in [-0.2, 0) is 11.3 Å². The fraction of sp³-hybridized carbons (Fsp3) is 0.500. The summed E-state index contributed by atoms with van der Waals surface area (Å²) in [5.41, 5.74) is 1.25. The maximum atomic E-state index is 12.5. The molecule has 1 aromatic heterocycles. The zero-order valence-corrected chi connectivity index (χ0v) is 13.6. The van der Waals surface area contributed by atoms with Gasteiger partial charge in [0.1, 0.15) is 5.82 Å². The standard InChI is InChI=1S/C16H22N6O/c1-13-17-18-19-22(13)9-8-16(23)21-11-10-20(2)15(12-21)14-6-4-3-5-7-14/h3-7,15H,8-12H2,1-2H3/t15-/m1/s1. The fourth-order valence-corrected chi connectivity index (χ4v) is 2.95. The lowest BCUT2D eigenvalue weighted by molar-refractivity contribution is -0.134. The number of carbonyl (C=O) groups excluding carboxylic acids is 1. The van der Waals surface area contributed by atoms with Gasteiger partial charge in [-0.2, -0.15) is 0 Å². The van der Waals surface area contributed by atoms with Gasteiger partial charge in [-0.25, -0.2) is 4.68 Å². The largest absolute Gasteiger partial charge is 0.339 e. The van der Waals surface area contributed by atoms with E-state index in [2.05, 4.69) is 39.6 Å². The smallest absolute Gasteiger partial charge is 0.224 e. The molecule has 0 spiro atoms. The van der Waals surface area contributed by atoms with E-state index in [9.17, 15) is 4.79 Å². The molecule has 7 nitrogen and oxygen atoms in total. The van der Waals surface area contributed by atoms with E-state index >= 15 is 0 Å². The van der Waals surface area contributed by atoms with Crippen LogP contribution in [0.2, 0.25) is 0 Å². The minimum Gasteiger partial charge on any atom is -0.339 e. The Bertz CT molecular complexity index is 656. The van der Waals surface area contributed by atoms with Crippen molar-refractivity contribution in [1.29, 1.82) is 0 Å². The highest BCUT2D eigenvalue weighted by Gasteiger charge is 2.28. The summed E-state index contributed by atoms with van der Waals surface area (Å²) >= 11 is 0. The van der Waals surface area contributed by atoms with Gasteiger partial charge in [-0.05, 0) is 30.0 Å². The normalized spacial score (nSPS) is 19.0. The summed E-state index contributed by atoms with van der Waals surface area (Å²) in [7, 11) is 2.12. The van der Waals surface area contributed by atoms with E-state index in [1.54, 1.807) is 4.68 Å². The van der Waals surface area contributed by atoms with E-state index in [1.165, 1.54) is 5.56 Å². The SMILES string of the molecule is Cc1nnnn1CCC(=O)N1CCN(C)[C@@H](c2ccccc2)C1. The number of carbonyl (C=O) groups is 1. The van der Waals surface area contributed by atoms with Crippen LogP contribution in [0.3, 0.4) is 0 Å². The molecule has 0 aliphatic carbocycles. The van der Waals surface area contributed by atoms with Crippen molar-refractivity contribution in [3.8, 4) is 0 Å². The summed E-state index contributed by atoms with van der Waals surface area (Å²) in [4.78, 5) is 16.8. The van der Waals surface area contributed by atoms with E-state index in [0.717, 1.165) is 25.5 Å². The highest BCUT2D eigenvalue weighted by Crippen LogP contribution is 2.24. The molecule has 1 atom stereocenters. The van der Waals surface area contributed by atoms with Crippen molar-refractivity contribution in [2.75, 3.05) is 26.7 Å². The van der Waals surface area contributed by atoms with Gasteiger partial charge in [0, 0.05) is 26.1 Å². The number of nitrogens with zero attached hydrogens (tertiary/aromatic N) is 6. The number of amides is 1. The summed E-state index contributed by atoms with van der Waals surface area (Å²) in [5.74, 6) is 0.896. The number of rotatable bonds is 4. The molecule has 0 radical (unpaired) electrons. The fourth-order valence-electron chi connectivity index (χ4n) is 2.95. The highest BCUT2D eigenvalue weighted by atomic mass is 16.2. The van der Waals surface area contributed by atoms with Gasteiger partial charge in [-0.15, -0.1) is 5.10 Å². The Hall–Kier alpha value is -2.28. The Morgan fingerprint density at radius 3 is 2.74 bits per heavy atom. The van der Waals surface area contributed by atoms with Gasteiger partial charge < -0.3 is 4.90 Å². The topological polar surface area (TPSA) is 67.2 Å². The lowest BCUT2D eigenvalue weighted by atomic mass is 10.0. The Morgan fingerprint density at radius 1 is 1.26 bits per heavy atom. The second-order valence-corrected chi connectivity index (χ2v) is 5.95. The molecule has 2 aromatic rings. The van der Waals surface area contributed by atoms with Crippen molar-refractivity contribution in [3.63, 3.8) is 0 Å². The Balaban J connectivity index is 1.61. The molecule has 1 aromatic carbocycles. The Kier molecular flexibility index (Phi) is 4.66. The van der Waals surface area contributed by atoms with E-state index in [4.69, 9.17) is 0 Å². The molecule has 1 fully saturated rings. The molecule has 0 bridgehead atoms. The molecular formula is C16H22N6O. The molecule has 7 heteroatoms. The van der Waals surface area contributed by atoms with E-state index in [1.807, 2.05) is 30.0 Å². The third-order valence-corrected chi connectivity index (χ3v) is 4.43. The van der Waals surface area contributed by atoms with Gasteiger partial charge in [0.25, 0.3) is 0 Å². The molecule has 23 heavy (non-hydrogen) atoms. The van der Waals surface area contributed by atoms with Crippen LogP contribution in [0.4, 0.5) is 0 Å². The van der Waals surface area contributed by atoms with Crippen LogP contribution in [0, 0.1) is 6.92 Å². The molecule has 0 N–H and O–H groups in total. The summed E-state index contributed by atoms with van der Waals surface area (Å²) in [6, 6.07) is 10.6. The third-order valence-electron chi connectivity index (χ3n) is 4.43. The third kappa shape index (κ3) is 3.56. The number of hydrogen-bond acceptors (Lipinski definition) is 5. The number of tetrazole rings is 1. The molecule has 1 aliphatic heterocycles. The van der Waals surface area contributed by atoms with Gasteiger partial charge in [0.2, 0.25) is 5.91 Å². The minimum absolute atomic E-state index is 0.161. The van der Waals surface area contributed by atoms with Crippen molar-refractivity contribution >= 4 is 5.91 Å². The van der Waals surface area contributed by atoms with E-state index in [-0.39, 0.29) is 11.9 Å². The van der Waals surface area contributed by atoms with Crippen molar-refractivity contribution in [2.45, 2.75) is 25.9 Å². The van der Waals surface area contributed by atoms with Crippen LogP contribution in [-0.4, -0.2) is 62.6 Å². The van der Waals surface area contributed by atoms with Crippen molar-refractivity contribution in [3.05, 3.63) is 41.7 Å². The number of aromatic nitrogens is 4. The second kappa shape index (κ2) is 6.87. The second-order valence-electron chi connectivity index (χ2n) is 5.95. The quantitative estimate of drug-likeness (QED) is 0.838. The minimum atomic E-state index is 0.161. The summed E-state index contributed by atoms with van der Waals surface area (Å²) in [6.45, 7) is 4.75.